The van der Waals surface area contributed by atoms with Crippen LogP contribution in [-0.4, -0.2) is 26.0 Å². The van der Waals surface area contributed by atoms with Crippen LogP contribution in [0.1, 0.15) is 12.1 Å². The molecule has 3 N–H and O–H groups in total. The molecular formula is C14H12BrN3O2. The van der Waals surface area contributed by atoms with Gasteiger partial charge >= 0.3 is 5.97 Å². The number of aromatic nitrogens is 3. The van der Waals surface area contributed by atoms with Crippen LogP contribution in [0.3, 0.4) is 0 Å². The number of aliphatic carboxylic acids is 1. The summed E-state index contributed by atoms with van der Waals surface area (Å²) >= 11 is 3.32. The maximum atomic E-state index is 10.7. The number of hydrogen-bond donors (Lipinski definition) is 3. The lowest BCUT2D eigenvalue weighted by molar-refractivity contribution is -0.136. The van der Waals surface area contributed by atoms with E-state index in [9.17, 15) is 4.79 Å². The van der Waals surface area contributed by atoms with Crippen LogP contribution in [0.5, 0.6) is 0 Å². The molecule has 0 saturated carbocycles. The number of carboxylic acid groups (broad SMARTS) is 1. The second-order valence-electron chi connectivity index (χ2n) is 4.50. The largest absolute Gasteiger partial charge is 0.481 e. The molecule has 0 amide bonds. The number of halogens is 1. The number of fused-ring (bicyclic) bond motifs is 1. The molecule has 3 aromatic rings. The highest BCUT2D eigenvalue weighted by molar-refractivity contribution is 9.10. The Bertz CT molecular complexity index is 776. The van der Waals surface area contributed by atoms with Crippen molar-refractivity contribution in [2.24, 2.45) is 0 Å². The standard InChI is InChI=1S/C14H12BrN3O2/c15-14-17-11(5-6-12(19)20)13(18-14)9-7-16-10-4-2-1-3-8(9)10/h1-4,7,16H,5-6H2,(H,17,18)(H,19,20). The van der Waals surface area contributed by atoms with Crippen molar-refractivity contribution in [2.45, 2.75) is 12.8 Å². The van der Waals surface area contributed by atoms with Crippen molar-refractivity contribution >= 4 is 32.8 Å². The van der Waals surface area contributed by atoms with Gasteiger partial charge in [0.1, 0.15) is 0 Å². The molecule has 20 heavy (non-hydrogen) atoms. The lowest BCUT2D eigenvalue weighted by Crippen LogP contribution is -1.98. The van der Waals surface area contributed by atoms with Crippen molar-refractivity contribution in [3.8, 4) is 11.3 Å². The second-order valence-corrected chi connectivity index (χ2v) is 5.25. The number of carbonyl (C=O) groups is 1. The van der Waals surface area contributed by atoms with E-state index in [-0.39, 0.29) is 6.42 Å². The van der Waals surface area contributed by atoms with E-state index >= 15 is 0 Å². The average Bonchev–Trinajstić information content (AvgIpc) is 2.99. The molecule has 6 heteroatoms. The number of para-hydroxylation sites is 1. The molecule has 0 radical (unpaired) electrons. The summed E-state index contributed by atoms with van der Waals surface area (Å²) in [7, 11) is 0. The number of benzene rings is 1. The molecule has 0 unspecified atom stereocenters. The maximum Gasteiger partial charge on any atom is 0.303 e. The van der Waals surface area contributed by atoms with Gasteiger partial charge in [-0.25, -0.2) is 4.98 Å². The van der Waals surface area contributed by atoms with Crippen molar-refractivity contribution in [3.05, 3.63) is 40.9 Å². The predicted octanol–water partition coefficient (Wildman–Crippen LogP) is 3.34. The van der Waals surface area contributed by atoms with Gasteiger partial charge in [0, 0.05) is 34.8 Å². The van der Waals surface area contributed by atoms with E-state index in [4.69, 9.17) is 5.11 Å². The topological polar surface area (TPSA) is 81.8 Å². The molecule has 2 aromatic heterocycles. The van der Waals surface area contributed by atoms with Crippen molar-refractivity contribution in [1.82, 2.24) is 15.0 Å². The number of hydrogen-bond acceptors (Lipinski definition) is 2. The molecule has 102 valence electrons. The summed E-state index contributed by atoms with van der Waals surface area (Å²) in [5, 5.41) is 9.89. The lowest BCUT2D eigenvalue weighted by Gasteiger charge is -2.00. The maximum absolute atomic E-state index is 10.7. The Balaban J connectivity index is 2.07. The number of H-pyrrole nitrogens is 2. The molecule has 0 fully saturated rings. The lowest BCUT2D eigenvalue weighted by atomic mass is 10.1. The molecule has 0 aliphatic carbocycles. The molecule has 0 spiro atoms. The van der Waals surface area contributed by atoms with Crippen molar-refractivity contribution in [1.29, 1.82) is 0 Å². The van der Waals surface area contributed by atoms with Gasteiger partial charge in [-0.15, -0.1) is 0 Å². The Morgan fingerprint density at radius 3 is 2.95 bits per heavy atom. The zero-order chi connectivity index (χ0) is 14.1. The minimum atomic E-state index is -0.819. The number of carboxylic acids is 1. The second kappa shape index (κ2) is 5.13. The van der Waals surface area contributed by atoms with Crippen LogP contribution in [0.2, 0.25) is 0 Å². The van der Waals surface area contributed by atoms with Crippen molar-refractivity contribution in [2.75, 3.05) is 0 Å². The van der Waals surface area contributed by atoms with E-state index in [2.05, 4.69) is 30.9 Å². The van der Waals surface area contributed by atoms with Crippen molar-refractivity contribution < 1.29 is 9.90 Å². The Morgan fingerprint density at radius 2 is 2.15 bits per heavy atom. The molecule has 5 nitrogen and oxygen atoms in total. The Morgan fingerprint density at radius 1 is 1.35 bits per heavy atom. The molecule has 0 aliphatic rings. The molecule has 1 aromatic carbocycles. The van der Waals surface area contributed by atoms with E-state index < -0.39 is 5.97 Å². The highest BCUT2D eigenvalue weighted by Gasteiger charge is 2.15. The van der Waals surface area contributed by atoms with Gasteiger partial charge in [-0.1, -0.05) is 18.2 Å². The highest BCUT2D eigenvalue weighted by atomic mass is 79.9. The molecule has 0 atom stereocenters. The number of rotatable bonds is 4. The summed E-state index contributed by atoms with van der Waals surface area (Å²) in [4.78, 5) is 21.5. The van der Waals surface area contributed by atoms with Gasteiger partial charge in [-0.3, -0.25) is 4.79 Å². The molecule has 0 saturated heterocycles. The SMILES string of the molecule is O=C(O)CCc1[nH]c(Br)nc1-c1c[nH]c2ccccc12. The first-order valence-electron chi connectivity index (χ1n) is 6.18. The van der Waals surface area contributed by atoms with Crippen LogP contribution in [0.4, 0.5) is 0 Å². The summed E-state index contributed by atoms with van der Waals surface area (Å²) in [6, 6.07) is 7.95. The summed E-state index contributed by atoms with van der Waals surface area (Å²) < 4.78 is 0.609. The third-order valence-electron chi connectivity index (χ3n) is 3.18. The summed E-state index contributed by atoms with van der Waals surface area (Å²) in [5.74, 6) is -0.819. The minimum Gasteiger partial charge on any atom is -0.481 e. The van der Waals surface area contributed by atoms with Gasteiger partial charge in [0.2, 0.25) is 0 Å². The fourth-order valence-electron chi connectivity index (χ4n) is 2.28. The van der Waals surface area contributed by atoms with Crippen LogP contribution in [0.15, 0.2) is 35.2 Å². The first-order chi connectivity index (χ1) is 9.65. The van der Waals surface area contributed by atoms with Gasteiger partial charge in [0.15, 0.2) is 4.73 Å². The van der Waals surface area contributed by atoms with Crippen LogP contribution in [0, 0.1) is 0 Å². The van der Waals surface area contributed by atoms with Gasteiger partial charge in [0.25, 0.3) is 0 Å². The van der Waals surface area contributed by atoms with Gasteiger partial charge in [0.05, 0.1) is 12.1 Å². The summed E-state index contributed by atoms with van der Waals surface area (Å²) in [5.41, 5.74) is 3.62. The van der Waals surface area contributed by atoms with E-state index in [1.807, 2.05) is 30.5 Å². The zero-order valence-corrected chi connectivity index (χ0v) is 12.1. The monoisotopic (exact) mass is 333 g/mol. The van der Waals surface area contributed by atoms with Gasteiger partial charge in [-0.05, 0) is 22.0 Å². The van der Waals surface area contributed by atoms with E-state index in [0.717, 1.165) is 27.9 Å². The molecule has 0 bridgehead atoms. The first-order valence-corrected chi connectivity index (χ1v) is 6.97. The number of imidazole rings is 1. The minimum absolute atomic E-state index is 0.0734. The summed E-state index contributed by atoms with van der Waals surface area (Å²) in [6.07, 6.45) is 2.39. The number of aryl methyl sites for hydroxylation is 1. The molecule has 0 aliphatic heterocycles. The van der Waals surface area contributed by atoms with Crippen LogP contribution in [-0.2, 0) is 11.2 Å². The number of nitrogens with one attached hydrogen (secondary N) is 2. The highest BCUT2D eigenvalue weighted by Crippen LogP contribution is 2.31. The average molecular weight is 334 g/mol. The fraction of sp³-hybridized carbons (Fsp3) is 0.143. The van der Waals surface area contributed by atoms with Crippen LogP contribution in [0.25, 0.3) is 22.2 Å². The van der Waals surface area contributed by atoms with Crippen LogP contribution >= 0.6 is 15.9 Å². The van der Waals surface area contributed by atoms with E-state index in [1.165, 1.54) is 0 Å². The third kappa shape index (κ3) is 2.34. The molecular weight excluding hydrogens is 322 g/mol. The number of aromatic amines is 2. The predicted molar refractivity (Wildman–Crippen MR) is 79.5 cm³/mol. The Kier molecular flexibility index (Phi) is 3.31. The Hall–Kier alpha value is -2.08. The quantitative estimate of drug-likeness (QED) is 0.684. The fourth-order valence-corrected chi connectivity index (χ4v) is 2.70. The third-order valence-corrected chi connectivity index (χ3v) is 3.56. The van der Waals surface area contributed by atoms with Gasteiger partial charge in [-0.2, -0.15) is 0 Å². The molecule has 2 heterocycles. The van der Waals surface area contributed by atoms with E-state index in [0.29, 0.717) is 11.2 Å². The van der Waals surface area contributed by atoms with Crippen molar-refractivity contribution in [3.63, 3.8) is 0 Å². The zero-order valence-electron chi connectivity index (χ0n) is 10.5. The number of nitrogens with zero attached hydrogens (tertiary/aromatic N) is 1. The van der Waals surface area contributed by atoms with Gasteiger partial charge < -0.3 is 15.1 Å². The first kappa shape index (κ1) is 12.9. The van der Waals surface area contributed by atoms with E-state index in [1.54, 1.807) is 0 Å². The smallest absolute Gasteiger partial charge is 0.303 e. The summed E-state index contributed by atoms with van der Waals surface area (Å²) in [6.45, 7) is 0. The molecule has 3 rings (SSSR count). The van der Waals surface area contributed by atoms with Crippen LogP contribution < -0.4 is 0 Å². The Labute approximate surface area is 123 Å². The normalized spacial score (nSPS) is 11.1.